The molecule has 0 spiro atoms. The summed E-state index contributed by atoms with van der Waals surface area (Å²) in [6.45, 7) is 2.05. The summed E-state index contributed by atoms with van der Waals surface area (Å²) < 4.78 is 5.30. The molecule has 0 aliphatic heterocycles. The standard InChI is InChI=1S/C13H19NO/c1-9-3-6-11(8-13(9)15-2)12(14)7-10-4-5-10/h3,6,8,10,12H,4-5,7,14H2,1-2H3/t12-/m0/s1. The van der Waals surface area contributed by atoms with E-state index in [0.717, 1.165) is 18.1 Å². The molecule has 0 saturated heterocycles. The Morgan fingerprint density at radius 2 is 2.20 bits per heavy atom. The molecule has 2 heteroatoms. The number of hydrogen-bond donors (Lipinski definition) is 1. The molecule has 2 rings (SSSR count). The number of nitrogens with two attached hydrogens (primary N) is 1. The van der Waals surface area contributed by atoms with E-state index >= 15 is 0 Å². The van der Waals surface area contributed by atoms with Gasteiger partial charge in [0.1, 0.15) is 5.75 Å². The Hall–Kier alpha value is -1.02. The molecule has 1 aromatic carbocycles. The summed E-state index contributed by atoms with van der Waals surface area (Å²) in [6, 6.07) is 6.45. The van der Waals surface area contributed by atoms with E-state index in [0.29, 0.717) is 0 Å². The van der Waals surface area contributed by atoms with Crippen LogP contribution in [-0.2, 0) is 0 Å². The van der Waals surface area contributed by atoms with Gasteiger partial charge < -0.3 is 10.5 Å². The van der Waals surface area contributed by atoms with Crippen LogP contribution >= 0.6 is 0 Å². The summed E-state index contributed by atoms with van der Waals surface area (Å²) in [4.78, 5) is 0. The minimum atomic E-state index is 0.173. The van der Waals surface area contributed by atoms with Gasteiger partial charge in [0.15, 0.2) is 0 Å². The van der Waals surface area contributed by atoms with Crippen LogP contribution in [0.2, 0.25) is 0 Å². The van der Waals surface area contributed by atoms with Gasteiger partial charge in [-0.2, -0.15) is 0 Å². The van der Waals surface area contributed by atoms with E-state index in [-0.39, 0.29) is 6.04 Å². The molecule has 1 aromatic rings. The largest absolute Gasteiger partial charge is 0.496 e. The summed E-state index contributed by atoms with van der Waals surface area (Å²) >= 11 is 0. The topological polar surface area (TPSA) is 35.2 Å². The summed E-state index contributed by atoms with van der Waals surface area (Å²) in [5, 5.41) is 0. The average Bonchev–Trinajstić information content (AvgIpc) is 3.02. The van der Waals surface area contributed by atoms with E-state index in [2.05, 4.69) is 25.1 Å². The summed E-state index contributed by atoms with van der Waals surface area (Å²) in [6.07, 6.45) is 3.83. The minimum absolute atomic E-state index is 0.173. The Bertz CT molecular complexity index is 344. The fourth-order valence-electron chi connectivity index (χ4n) is 1.92. The Labute approximate surface area is 91.4 Å². The first-order chi connectivity index (χ1) is 7.20. The van der Waals surface area contributed by atoms with Crippen molar-refractivity contribution in [1.82, 2.24) is 0 Å². The maximum absolute atomic E-state index is 6.15. The van der Waals surface area contributed by atoms with Gasteiger partial charge in [-0.15, -0.1) is 0 Å². The third-order valence-corrected chi connectivity index (χ3v) is 3.14. The molecule has 0 aromatic heterocycles. The number of methoxy groups -OCH3 is 1. The van der Waals surface area contributed by atoms with E-state index < -0.39 is 0 Å². The lowest BCUT2D eigenvalue weighted by Gasteiger charge is -2.13. The van der Waals surface area contributed by atoms with E-state index in [9.17, 15) is 0 Å². The first kappa shape index (κ1) is 10.5. The molecular weight excluding hydrogens is 186 g/mol. The molecule has 1 atom stereocenters. The van der Waals surface area contributed by atoms with Crippen molar-refractivity contribution in [3.8, 4) is 5.75 Å². The van der Waals surface area contributed by atoms with Crippen LogP contribution in [-0.4, -0.2) is 7.11 Å². The van der Waals surface area contributed by atoms with Crippen molar-refractivity contribution >= 4 is 0 Å². The fraction of sp³-hybridized carbons (Fsp3) is 0.538. The molecule has 1 fully saturated rings. The van der Waals surface area contributed by atoms with Crippen molar-refractivity contribution in [3.05, 3.63) is 29.3 Å². The monoisotopic (exact) mass is 205 g/mol. The molecule has 82 valence electrons. The van der Waals surface area contributed by atoms with Gasteiger partial charge in [0.25, 0.3) is 0 Å². The zero-order valence-electron chi connectivity index (χ0n) is 9.49. The lowest BCUT2D eigenvalue weighted by Crippen LogP contribution is -2.11. The Morgan fingerprint density at radius 3 is 2.80 bits per heavy atom. The van der Waals surface area contributed by atoms with Crippen LogP contribution in [0.3, 0.4) is 0 Å². The van der Waals surface area contributed by atoms with E-state index in [4.69, 9.17) is 10.5 Å². The Kier molecular flexibility index (Phi) is 2.96. The lowest BCUT2D eigenvalue weighted by atomic mass is 10.0. The normalized spacial score (nSPS) is 17.5. The van der Waals surface area contributed by atoms with Crippen LogP contribution in [0.4, 0.5) is 0 Å². The summed E-state index contributed by atoms with van der Waals surface area (Å²) in [5.74, 6) is 1.81. The predicted octanol–water partition coefficient (Wildman–Crippen LogP) is 2.80. The third-order valence-electron chi connectivity index (χ3n) is 3.14. The summed E-state index contributed by atoms with van der Waals surface area (Å²) in [5.41, 5.74) is 8.52. The molecule has 1 aliphatic carbocycles. The van der Waals surface area contributed by atoms with Gasteiger partial charge in [-0.3, -0.25) is 0 Å². The highest BCUT2D eigenvalue weighted by Gasteiger charge is 2.24. The number of ether oxygens (including phenoxy) is 1. The second-order valence-corrected chi connectivity index (χ2v) is 4.51. The smallest absolute Gasteiger partial charge is 0.122 e. The molecule has 2 N–H and O–H groups in total. The van der Waals surface area contributed by atoms with Gasteiger partial charge in [0.05, 0.1) is 7.11 Å². The maximum atomic E-state index is 6.15. The van der Waals surface area contributed by atoms with Crippen LogP contribution in [0.15, 0.2) is 18.2 Å². The van der Waals surface area contributed by atoms with Crippen LogP contribution in [0, 0.1) is 12.8 Å². The van der Waals surface area contributed by atoms with Gasteiger partial charge in [0, 0.05) is 6.04 Å². The van der Waals surface area contributed by atoms with Gasteiger partial charge in [-0.1, -0.05) is 25.0 Å². The number of rotatable bonds is 4. The number of hydrogen-bond acceptors (Lipinski definition) is 2. The van der Waals surface area contributed by atoms with Crippen LogP contribution < -0.4 is 10.5 Å². The quantitative estimate of drug-likeness (QED) is 0.820. The average molecular weight is 205 g/mol. The van der Waals surface area contributed by atoms with Crippen molar-refractivity contribution in [2.24, 2.45) is 11.7 Å². The van der Waals surface area contributed by atoms with E-state index in [1.54, 1.807) is 7.11 Å². The zero-order valence-corrected chi connectivity index (χ0v) is 9.49. The second kappa shape index (κ2) is 4.23. The van der Waals surface area contributed by atoms with Gasteiger partial charge in [-0.05, 0) is 36.5 Å². The molecule has 0 amide bonds. The lowest BCUT2D eigenvalue weighted by molar-refractivity contribution is 0.410. The molecular formula is C13H19NO. The van der Waals surface area contributed by atoms with Crippen molar-refractivity contribution in [1.29, 1.82) is 0 Å². The molecule has 1 aliphatic rings. The first-order valence-electron chi connectivity index (χ1n) is 5.61. The number of aryl methyl sites for hydroxylation is 1. The Morgan fingerprint density at radius 1 is 1.47 bits per heavy atom. The van der Waals surface area contributed by atoms with Gasteiger partial charge in [-0.25, -0.2) is 0 Å². The Balaban J connectivity index is 2.12. The maximum Gasteiger partial charge on any atom is 0.122 e. The summed E-state index contributed by atoms with van der Waals surface area (Å²) in [7, 11) is 1.71. The molecule has 0 heterocycles. The highest BCUT2D eigenvalue weighted by atomic mass is 16.5. The molecule has 1 saturated carbocycles. The van der Waals surface area contributed by atoms with Crippen LogP contribution in [0.5, 0.6) is 5.75 Å². The molecule has 0 unspecified atom stereocenters. The number of benzene rings is 1. The highest BCUT2D eigenvalue weighted by molar-refractivity contribution is 5.37. The van der Waals surface area contributed by atoms with Gasteiger partial charge in [0.2, 0.25) is 0 Å². The van der Waals surface area contributed by atoms with Crippen molar-refractivity contribution in [2.45, 2.75) is 32.2 Å². The van der Waals surface area contributed by atoms with Crippen molar-refractivity contribution in [3.63, 3.8) is 0 Å². The SMILES string of the molecule is COc1cc([C@@H](N)CC2CC2)ccc1C. The van der Waals surface area contributed by atoms with Crippen LogP contribution in [0.25, 0.3) is 0 Å². The minimum Gasteiger partial charge on any atom is -0.496 e. The predicted molar refractivity (Wildman–Crippen MR) is 62.0 cm³/mol. The molecule has 0 bridgehead atoms. The molecule has 15 heavy (non-hydrogen) atoms. The van der Waals surface area contributed by atoms with E-state index in [1.165, 1.54) is 24.0 Å². The fourth-order valence-corrected chi connectivity index (χ4v) is 1.92. The first-order valence-corrected chi connectivity index (χ1v) is 5.61. The van der Waals surface area contributed by atoms with Crippen LogP contribution in [0.1, 0.15) is 36.4 Å². The third kappa shape index (κ3) is 2.51. The molecule has 2 nitrogen and oxygen atoms in total. The second-order valence-electron chi connectivity index (χ2n) is 4.51. The van der Waals surface area contributed by atoms with E-state index in [1.807, 2.05) is 0 Å². The highest BCUT2D eigenvalue weighted by Crippen LogP contribution is 2.37. The van der Waals surface area contributed by atoms with Gasteiger partial charge >= 0.3 is 0 Å². The zero-order chi connectivity index (χ0) is 10.8. The van der Waals surface area contributed by atoms with Crippen molar-refractivity contribution in [2.75, 3.05) is 7.11 Å². The van der Waals surface area contributed by atoms with Crippen molar-refractivity contribution < 1.29 is 4.74 Å². The molecule has 0 radical (unpaired) electrons.